The van der Waals surface area contributed by atoms with Crippen LogP contribution in [-0.4, -0.2) is 18.0 Å². The number of ether oxygens (including phenoxy) is 1. The number of benzene rings is 3. The topological polar surface area (TPSA) is 51.2 Å². The van der Waals surface area contributed by atoms with E-state index in [-0.39, 0.29) is 5.91 Å². The number of methoxy groups -OCH3 is 1. The molecule has 29 heavy (non-hydrogen) atoms. The molecular formula is C25H22N2O2. The maximum atomic E-state index is 13.1. The van der Waals surface area contributed by atoms with E-state index in [9.17, 15) is 4.79 Å². The van der Waals surface area contributed by atoms with Crippen molar-refractivity contribution in [2.24, 2.45) is 0 Å². The zero-order valence-electron chi connectivity index (χ0n) is 16.5. The molecule has 0 fully saturated rings. The number of rotatable bonds is 5. The molecule has 4 heteroatoms. The number of fused-ring (bicyclic) bond motifs is 1. The third-order valence-corrected chi connectivity index (χ3v) is 4.95. The molecule has 144 valence electrons. The summed E-state index contributed by atoms with van der Waals surface area (Å²) in [5.74, 6) is 0.516. The largest absolute Gasteiger partial charge is 0.497 e. The van der Waals surface area contributed by atoms with Gasteiger partial charge in [-0.15, -0.1) is 0 Å². The first-order valence-electron chi connectivity index (χ1n) is 9.62. The van der Waals surface area contributed by atoms with Gasteiger partial charge in [0.05, 0.1) is 23.9 Å². The Morgan fingerprint density at radius 3 is 2.52 bits per heavy atom. The fourth-order valence-corrected chi connectivity index (χ4v) is 3.32. The third kappa shape index (κ3) is 3.97. The maximum absolute atomic E-state index is 13.1. The minimum Gasteiger partial charge on any atom is -0.497 e. The van der Waals surface area contributed by atoms with Crippen LogP contribution < -0.4 is 10.1 Å². The van der Waals surface area contributed by atoms with E-state index < -0.39 is 0 Å². The van der Waals surface area contributed by atoms with Crippen molar-refractivity contribution in [3.05, 3.63) is 90.0 Å². The highest BCUT2D eigenvalue weighted by Gasteiger charge is 2.14. The number of carbonyl (C=O) groups is 1. The van der Waals surface area contributed by atoms with Gasteiger partial charge in [0.1, 0.15) is 5.75 Å². The molecule has 0 bridgehead atoms. The second-order valence-corrected chi connectivity index (χ2v) is 6.81. The normalized spacial score (nSPS) is 10.7. The summed E-state index contributed by atoms with van der Waals surface area (Å²) in [6.45, 7) is 2.13. The van der Waals surface area contributed by atoms with Gasteiger partial charge in [0.15, 0.2) is 0 Å². The number of anilines is 1. The van der Waals surface area contributed by atoms with Crippen LogP contribution >= 0.6 is 0 Å². The molecule has 0 radical (unpaired) electrons. The van der Waals surface area contributed by atoms with Crippen LogP contribution in [0.1, 0.15) is 22.8 Å². The first-order valence-corrected chi connectivity index (χ1v) is 9.62. The van der Waals surface area contributed by atoms with Crippen molar-refractivity contribution in [3.8, 4) is 17.0 Å². The molecule has 0 unspecified atom stereocenters. The standard InChI is InChI=1S/C25H22N2O2/c1-3-17-11-13-18(14-12-17)24-16-22(21-9-4-5-10-23(21)27-24)25(28)26-19-7-6-8-20(15-19)29-2/h4-16H,3H2,1-2H3,(H,26,28). The van der Waals surface area contributed by atoms with Crippen molar-refractivity contribution in [2.45, 2.75) is 13.3 Å². The number of carbonyl (C=O) groups excluding carboxylic acids is 1. The molecule has 0 spiro atoms. The number of para-hydroxylation sites is 1. The van der Waals surface area contributed by atoms with Gasteiger partial charge in [0.2, 0.25) is 0 Å². The van der Waals surface area contributed by atoms with Crippen molar-refractivity contribution in [1.29, 1.82) is 0 Å². The first-order chi connectivity index (χ1) is 14.2. The van der Waals surface area contributed by atoms with Crippen molar-refractivity contribution < 1.29 is 9.53 Å². The fraction of sp³-hybridized carbons (Fsp3) is 0.120. The Labute approximate surface area is 170 Å². The minimum atomic E-state index is -0.178. The Morgan fingerprint density at radius 2 is 1.76 bits per heavy atom. The van der Waals surface area contributed by atoms with Gasteiger partial charge >= 0.3 is 0 Å². The molecule has 4 aromatic rings. The Bertz CT molecular complexity index is 1170. The predicted octanol–water partition coefficient (Wildman–Crippen LogP) is 5.73. The van der Waals surface area contributed by atoms with Crippen molar-refractivity contribution >= 4 is 22.5 Å². The van der Waals surface area contributed by atoms with E-state index in [0.29, 0.717) is 17.0 Å². The lowest BCUT2D eigenvalue weighted by Crippen LogP contribution is -2.13. The third-order valence-electron chi connectivity index (χ3n) is 4.95. The zero-order chi connectivity index (χ0) is 20.2. The molecule has 4 rings (SSSR count). The molecule has 0 atom stereocenters. The van der Waals surface area contributed by atoms with Gasteiger partial charge in [-0.3, -0.25) is 4.79 Å². The first kappa shape index (κ1) is 18.7. The van der Waals surface area contributed by atoms with Crippen LogP contribution in [0, 0.1) is 0 Å². The summed E-state index contributed by atoms with van der Waals surface area (Å²) in [7, 11) is 1.60. The van der Waals surface area contributed by atoms with E-state index in [2.05, 4.69) is 36.5 Å². The van der Waals surface area contributed by atoms with Crippen LogP contribution in [0.2, 0.25) is 0 Å². The Kier molecular flexibility index (Phi) is 5.25. The summed E-state index contributed by atoms with van der Waals surface area (Å²) >= 11 is 0. The van der Waals surface area contributed by atoms with Gasteiger partial charge < -0.3 is 10.1 Å². The van der Waals surface area contributed by atoms with E-state index in [1.54, 1.807) is 13.2 Å². The summed E-state index contributed by atoms with van der Waals surface area (Å²) in [4.78, 5) is 17.9. The van der Waals surface area contributed by atoms with Gasteiger partial charge in [-0.1, -0.05) is 55.5 Å². The number of pyridine rings is 1. The molecule has 1 amide bonds. The minimum absolute atomic E-state index is 0.178. The summed E-state index contributed by atoms with van der Waals surface area (Å²) in [5, 5.41) is 3.80. The number of hydrogen-bond acceptors (Lipinski definition) is 3. The lowest BCUT2D eigenvalue weighted by Gasteiger charge is -2.11. The second kappa shape index (κ2) is 8.15. The highest BCUT2D eigenvalue weighted by atomic mass is 16.5. The molecular weight excluding hydrogens is 360 g/mol. The lowest BCUT2D eigenvalue weighted by atomic mass is 10.0. The van der Waals surface area contributed by atoms with Gasteiger partial charge in [-0.2, -0.15) is 0 Å². The molecule has 1 N–H and O–H groups in total. The van der Waals surface area contributed by atoms with E-state index in [0.717, 1.165) is 28.6 Å². The van der Waals surface area contributed by atoms with Crippen LogP contribution in [0.3, 0.4) is 0 Å². The quantitative estimate of drug-likeness (QED) is 0.480. The van der Waals surface area contributed by atoms with Crippen LogP contribution in [0.4, 0.5) is 5.69 Å². The van der Waals surface area contributed by atoms with Gasteiger partial charge in [-0.25, -0.2) is 4.98 Å². The highest BCUT2D eigenvalue weighted by Crippen LogP contribution is 2.26. The fourth-order valence-electron chi connectivity index (χ4n) is 3.32. The predicted molar refractivity (Wildman–Crippen MR) is 118 cm³/mol. The summed E-state index contributed by atoms with van der Waals surface area (Å²) in [6, 6.07) is 25.2. The highest BCUT2D eigenvalue weighted by molar-refractivity contribution is 6.13. The van der Waals surface area contributed by atoms with Crippen LogP contribution in [-0.2, 0) is 6.42 Å². The SMILES string of the molecule is CCc1ccc(-c2cc(C(=O)Nc3cccc(OC)c3)c3ccccc3n2)cc1. The molecule has 3 aromatic carbocycles. The van der Waals surface area contributed by atoms with Gasteiger partial charge in [0, 0.05) is 22.7 Å². The molecule has 0 saturated heterocycles. The molecule has 4 nitrogen and oxygen atoms in total. The lowest BCUT2D eigenvalue weighted by molar-refractivity contribution is 0.102. The molecule has 0 saturated carbocycles. The Morgan fingerprint density at radius 1 is 0.966 bits per heavy atom. The number of aryl methyl sites for hydroxylation is 1. The van der Waals surface area contributed by atoms with Crippen molar-refractivity contribution in [2.75, 3.05) is 12.4 Å². The van der Waals surface area contributed by atoms with Crippen LogP contribution in [0.25, 0.3) is 22.2 Å². The summed E-state index contributed by atoms with van der Waals surface area (Å²) in [5.41, 5.74) is 5.11. The number of hydrogen-bond donors (Lipinski definition) is 1. The van der Waals surface area contributed by atoms with Crippen molar-refractivity contribution in [1.82, 2.24) is 4.98 Å². The average molecular weight is 382 g/mol. The van der Waals surface area contributed by atoms with Crippen LogP contribution in [0.5, 0.6) is 5.75 Å². The summed E-state index contributed by atoms with van der Waals surface area (Å²) in [6.07, 6.45) is 0.986. The van der Waals surface area contributed by atoms with E-state index in [4.69, 9.17) is 9.72 Å². The molecule has 0 aliphatic carbocycles. The van der Waals surface area contributed by atoms with Gasteiger partial charge in [0.25, 0.3) is 5.91 Å². The Balaban J connectivity index is 1.76. The molecule has 0 aliphatic rings. The van der Waals surface area contributed by atoms with Crippen molar-refractivity contribution in [3.63, 3.8) is 0 Å². The molecule has 1 aromatic heterocycles. The number of nitrogens with one attached hydrogen (secondary N) is 1. The second-order valence-electron chi connectivity index (χ2n) is 6.81. The number of amides is 1. The number of aromatic nitrogens is 1. The molecule has 1 heterocycles. The average Bonchev–Trinajstić information content (AvgIpc) is 2.78. The zero-order valence-corrected chi connectivity index (χ0v) is 16.5. The smallest absolute Gasteiger partial charge is 0.256 e. The monoisotopic (exact) mass is 382 g/mol. The van der Waals surface area contributed by atoms with E-state index in [1.807, 2.05) is 48.5 Å². The molecule has 0 aliphatic heterocycles. The summed E-state index contributed by atoms with van der Waals surface area (Å²) < 4.78 is 5.25. The Hall–Kier alpha value is -3.66. The number of nitrogens with zero attached hydrogens (tertiary/aromatic N) is 1. The van der Waals surface area contributed by atoms with E-state index >= 15 is 0 Å². The van der Waals surface area contributed by atoms with Gasteiger partial charge in [-0.05, 0) is 36.2 Å². The van der Waals surface area contributed by atoms with Crippen LogP contribution in [0.15, 0.2) is 78.9 Å². The maximum Gasteiger partial charge on any atom is 0.256 e. The van der Waals surface area contributed by atoms with E-state index in [1.165, 1.54) is 5.56 Å².